The molecule has 5 heteroatoms. The normalized spacial score (nSPS) is 14.8. The average molecular weight is 260 g/mol. The summed E-state index contributed by atoms with van der Waals surface area (Å²) in [5.41, 5.74) is 0.939. The number of morpholine rings is 1. The third-order valence-electron chi connectivity index (χ3n) is 2.93. The highest BCUT2D eigenvalue weighted by atomic mass is 16.5. The Balaban J connectivity index is 1.81. The van der Waals surface area contributed by atoms with Crippen molar-refractivity contribution in [2.45, 2.75) is 6.42 Å². The quantitative estimate of drug-likeness (QED) is 0.810. The molecule has 0 aromatic heterocycles. The topological polar surface area (TPSA) is 62.6 Å². The van der Waals surface area contributed by atoms with Gasteiger partial charge in [0.15, 0.2) is 6.61 Å². The van der Waals surface area contributed by atoms with E-state index in [0.29, 0.717) is 38.5 Å². The maximum atomic E-state index is 11.8. The summed E-state index contributed by atoms with van der Waals surface area (Å²) in [6.07, 6.45) is 0.382. The largest absolute Gasteiger partial charge is 0.484 e. The zero-order valence-corrected chi connectivity index (χ0v) is 10.7. The van der Waals surface area contributed by atoms with Crippen LogP contribution in [0.2, 0.25) is 0 Å². The molecule has 0 atom stereocenters. The monoisotopic (exact) mass is 260 g/mol. The molecule has 1 amide bonds. The SMILES string of the molecule is N#CCc1ccc(OCC(=O)N2CCOCC2)cc1. The summed E-state index contributed by atoms with van der Waals surface area (Å²) in [5.74, 6) is 0.618. The smallest absolute Gasteiger partial charge is 0.260 e. The first-order valence-electron chi connectivity index (χ1n) is 6.24. The van der Waals surface area contributed by atoms with Crippen molar-refractivity contribution < 1.29 is 14.3 Å². The molecule has 1 aromatic rings. The van der Waals surface area contributed by atoms with Gasteiger partial charge in [-0.25, -0.2) is 0 Å². The van der Waals surface area contributed by atoms with Gasteiger partial charge in [-0.15, -0.1) is 0 Å². The summed E-state index contributed by atoms with van der Waals surface area (Å²) in [6.45, 7) is 2.48. The van der Waals surface area contributed by atoms with Crippen LogP contribution in [0.3, 0.4) is 0 Å². The number of ether oxygens (including phenoxy) is 2. The summed E-state index contributed by atoms with van der Waals surface area (Å²) in [7, 11) is 0. The number of benzene rings is 1. The summed E-state index contributed by atoms with van der Waals surface area (Å²) in [4.78, 5) is 13.6. The Kier molecular flexibility index (Phi) is 4.76. The Bertz CT molecular complexity index is 459. The zero-order chi connectivity index (χ0) is 13.5. The molecular weight excluding hydrogens is 244 g/mol. The molecule has 1 aliphatic heterocycles. The number of hydrogen-bond donors (Lipinski definition) is 0. The molecular formula is C14H16N2O3. The lowest BCUT2D eigenvalue weighted by Crippen LogP contribution is -2.42. The molecule has 1 aliphatic rings. The second-order valence-electron chi connectivity index (χ2n) is 4.26. The first-order chi connectivity index (χ1) is 9.29. The number of nitrogens with zero attached hydrogens (tertiary/aromatic N) is 2. The van der Waals surface area contributed by atoms with Crippen LogP contribution >= 0.6 is 0 Å². The van der Waals surface area contributed by atoms with Crippen LogP contribution in [0.25, 0.3) is 0 Å². The van der Waals surface area contributed by atoms with Crippen molar-refractivity contribution in [1.82, 2.24) is 4.90 Å². The number of rotatable bonds is 4. The van der Waals surface area contributed by atoms with Gasteiger partial charge in [-0.2, -0.15) is 5.26 Å². The molecule has 2 rings (SSSR count). The first kappa shape index (κ1) is 13.4. The van der Waals surface area contributed by atoms with Crippen molar-refractivity contribution in [3.63, 3.8) is 0 Å². The van der Waals surface area contributed by atoms with E-state index in [2.05, 4.69) is 6.07 Å². The van der Waals surface area contributed by atoms with Gasteiger partial charge in [0.2, 0.25) is 0 Å². The number of amides is 1. The average Bonchev–Trinajstić information content (AvgIpc) is 2.47. The Labute approximate surface area is 112 Å². The van der Waals surface area contributed by atoms with Crippen molar-refractivity contribution in [2.24, 2.45) is 0 Å². The maximum Gasteiger partial charge on any atom is 0.260 e. The molecule has 1 aromatic carbocycles. The second-order valence-corrected chi connectivity index (χ2v) is 4.26. The summed E-state index contributed by atoms with van der Waals surface area (Å²) >= 11 is 0. The van der Waals surface area contributed by atoms with Gasteiger partial charge in [0.1, 0.15) is 5.75 Å². The molecule has 5 nitrogen and oxygen atoms in total. The lowest BCUT2D eigenvalue weighted by molar-refractivity contribution is -0.137. The molecule has 0 N–H and O–H groups in total. The van der Waals surface area contributed by atoms with Crippen molar-refractivity contribution in [1.29, 1.82) is 5.26 Å². The van der Waals surface area contributed by atoms with E-state index >= 15 is 0 Å². The van der Waals surface area contributed by atoms with Crippen LogP contribution in [0.4, 0.5) is 0 Å². The third-order valence-corrected chi connectivity index (χ3v) is 2.93. The van der Waals surface area contributed by atoms with Crippen LogP contribution < -0.4 is 4.74 Å². The van der Waals surface area contributed by atoms with E-state index in [-0.39, 0.29) is 12.5 Å². The van der Waals surface area contributed by atoms with Crippen LogP contribution in [0, 0.1) is 11.3 Å². The van der Waals surface area contributed by atoms with Gasteiger partial charge < -0.3 is 14.4 Å². The fourth-order valence-electron chi connectivity index (χ4n) is 1.84. The lowest BCUT2D eigenvalue weighted by Gasteiger charge is -2.26. The molecule has 0 spiro atoms. The zero-order valence-electron chi connectivity index (χ0n) is 10.7. The molecule has 1 saturated heterocycles. The Morgan fingerprint density at radius 2 is 2.00 bits per heavy atom. The molecule has 0 aliphatic carbocycles. The number of hydrogen-bond acceptors (Lipinski definition) is 4. The van der Waals surface area contributed by atoms with E-state index in [1.807, 2.05) is 12.1 Å². The number of nitriles is 1. The molecule has 100 valence electrons. The van der Waals surface area contributed by atoms with Crippen molar-refractivity contribution >= 4 is 5.91 Å². The molecule has 0 radical (unpaired) electrons. The molecule has 0 unspecified atom stereocenters. The molecule has 1 heterocycles. The van der Waals surface area contributed by atoms with Gasteiger partial charge >= 0.3 is 0 Å². The highest BCUT2D eigenvalue weighted by Crippen LogP contribution is 2.12. The second kappa shape index (κ2) is 6.76. The number of carbonyl (C=O) groups excluding carboxylic acids is 1. The summed E-state index contributed by atoms with van der Waals surface area (Å²) < 4.78 is 10.6. The number of carbonyl (C=O) groups is 1. The Morgan fingerprint density at radius 1 is 1.32 bits per heavy atom. The lowest BCUT2D eigenvalue weighted by atomic mass is 10.2. The van der Waals surface area contributed by atoms with Gasteiger partial charge in [-0.05, 0) is 17.7 Å². The standard InChI is InChI=1S/C14H16N2O3/c15-6-5-12-1-3-13(4-2-12)19-11-14(17)16-7-9-18-10-8-16/h1-4H,5,7-11H2. The van der Waals surface area contributed by atoms with Crippen LogP contribution in [-0.4, -0.2) is 43.7 Å². The van der Waals surface area contributed by atoms with E-state index in [4.69, 9.17) is 14.7 Å². The minimum Gasteiger partial charge on any atom is -0.484 e. The van der Waals surface area contributed by atoms with E-state index < -0.39 is 0 Å². The minimum atomic E-state index is -0.0237. The molecule has 0 saturated carbocycles. The van der Waals surface area contributed by atoms with Crippen LogP contribution in [0.15, 0.2) is 24.3 Å². The fourth-order valence-corrected chi connectivity index (χ4v) is 1.84. The van der Waals surface area contributed by atoms with Crippen molar-refractivity contribution in [3.05, 3.63) is 29.8 Å². The maximum absolute atomic E-state index is 11.8. The molecule has 0 bridgehead atoms. The highest BCUT2D eigenvalue weighted by molar-refractivity contribution is 5.77. The van der Waals surface area contributed by atoms with Crippen molar-refractivity contribution in [3.8, 4) is 11.8 Å². The van der Waals surface area contributed by atoms with Crippen molar-refractivity contribution in [2.75, 3.05) is 32.9 Å². The summed E-state index contributed by atoms with van der Waals surface area (Å²) in [6, 6.07) is 9.30. The predicted molar refractivity (Wildman–Crippen MR) is 68.7 cm³/mol. The van der Waals surface area contributed by atoms with E-state index in [0.717, 1.165) is 5.56 Å². The summed E-state index contributed by atoms with van der Waals surface area (Å²) in [5, 5.41) is 8.57. The third kappa shape index (κ3) is 3.97. The van der Waals surface area contributed by atoms with Crippen LogP contribution in [0.1, 0.15) is 5.56 Å². The first-order valence-corrected chi connectivity index (χ1v) is 6.24. The Morgan fingerprint density at radius 3 is 2.63 bits per heavy atom. The van der Waals surface area contributed by atoms with E-state index in [9.17, 15) is 4.79 Å². The minimum absolute atomic E-state index is 0.0237. The van der Waals surface area contributed by atoms with Gasteiger partial charge in [-0.3, -0.25) is 4.79 Å². The molecule has 19 heavy (non-hydrogen) atoms. The van der Waals surface area contributed by atoms with Gasteiger partial charge in [-0.1, -0.05) is 12.1 Å². The van der Waals surface area contributed by atoms with E-state index in [1.165, 1.54) is 0 Å². The van der Waals surface area contributed by atoms with E-state index in [1.54, 1.807) is 17.0 Å². The van der Waals surface area contributed by atoms with Gasteiger partial charge in [0, 0.05) is 13.1 Å². The van der Waals surface area contributed by atoms with Crippen LogP contribution in [-0.2, 0) is 16.0 Å². The van der Waals surface area contributed by atoms with Gasteiger partial charge in [0.05, 0.1) is 25.7 Å². The fraction of sp³-hybridized carbons (Fsp3) is 0.429. The van der Waals surface area contributed by atoms with Gasteiger partial charge in [0.25, 0.3) is 5.91 Å². The highest BCUT2D eigenvalue weighted by Gasteiger charge is 2.16. The predicted octanol–water partition coefficient (Wildman–Crippen LogP) is 0.990. The molecule has 1 fully saturated rings. The van der Waals surface area contributed by atoms with Crippen LogP contribution in [0.5, 0.6) is 5.75 Å². The Hall–Kier alpha value is -2.06.